The number of methoxy groups -OCH3 is 2. The standard InChI is InChI=1S/C22H30N4O3.HI/c1-16-8-9-17(14-20(16)29-4)10-11-25-22(23-2)26-13-12-24-21(27)18-6-5-7-19(15-18)28-3;/h5-9,14-15H,10-13H2,1-4H3,(H,24,27)(H2,23,25,26);1H. The van der Waals surface area contributed by atoms with Gasteiger partial charge in [0.1, 0.15) is 11.5 Å². The van der Waals surface area contributed by atoms with Crippen molar-refractivity contribution in [2.75, 3.05) is 40.9 Å². The monoisotopic (exact) mass is 526 g/mol. The average molecular weight is 526 g/mol. The first-order valence-corrected chi connectivity index (χ1v) is 9.57. The lowest BCUT2D eigenvalue weighted by Crippen LogP contribution is -2.42. The molecule has 2 aromatic rings. The Kier molecular flexibility index (Phi) is 11.7. The second kappa shape index (κ2) is 13.7. The molecule has 30 heavy (non-hydrogen) atoms. The highest BCUT2D eigenvalue weighted by molar-refractivity contribution is 14.0. The molecule has 8 heteroatoms. The number of rotatable bonds is 9. The molecule has 0 unspecified atom stereocenters. The van der Waals surface area contributed by atoms with Crippen LogP contribution in [0.15, 0.2) is 47.5 Å². The zero-order valence-corrected chi connectivity index (χ0v) is 20.3. The van der Waals surface area contributed by atoms with Gasteiger partial charge in [-0.05, 0) is 48.7 Å². The summed E-state index contributed by atoms with van der Waals surface area (Å²) in [5.41, 5.74) is 2.89. The van der Waals surface area contributed by atoms with Crippen LogP contribution in [0.5, 0.6) is 11.5 Å². The molecule has 0 saturated heterocycles. The Hall–Kier alpha value is -2.49. The number of carbonyl (C=O) groups is 1. The molecule has 2 aromatic carbocycles. The van der Waals surface area contributed by atoms with Gasteiger partial charge in [0.15, 0.2) is 5.96 Å². The molecule has 0 aliphatic carbocycles. The van der Waals surface area contributed by atoms with Crippen LogP contribution in [0.25, 0.3) is 0 Å². The van der Waals surface area contributed by atoms with Gasteiger partial charge >= 0.3 is 0 Å². The first-order chi connectivity index (χ1) is 14.1. The normalized spacial score (nSPS) is 10.6. The molecule has 0 spiro atoms. The minimum absolute atomic E-state index is 0. The van der Waals surface area contributed by atoms with Gasteiger partial charge in [-0.1, -0.05) is 18.2 Å². The minimum Gasteiger partial charge on any atom is -0.497 e. The summed E-state index contributed by atoms with van der Waals surface area (Å²) in [6.07, 6.45) is 0.851. The van der Waals surface area contributed by atoms with E-state index in [0.717, 1.165) is 24.3 Å². The molecule has 164 valence electrons. The van der Waals surface area contributed by atoms with Crippen LogP contribution in [0.1, 0.15) is 21.5 Å². The minimum atomic E-state index is -0.137. The van der Waals surface area contributed by atoms with E-state index in [1.807, 2.05) is 6.92 Å². The number of guanidine groups is 1. The summed E-state index contributed by atoms with van der Waals surface area (Å²) in [6, 6.07) is 13.3. The smallest absolute Gasteiger partial charge is 0.251 e. The molecule has 0 aliphatic rings. The Morgan fingerprint density at radius 2 is 1.70 bits per heavy atom. The van der Waals surface area contributed by atoms with E-state index in [9.17, 15) is 4.79 Å². The largest absolute Gasteiger partial charge is 0.497 e. The van der Waals surface area contributed by atoms with E-state index in [0.29, 0.717) is 30.4 Å². The number of amides is 1. The molecule has 0 aliphatic heterocycles. The lowest BCUT2D eigenvalue weighted by molar-refractivity contribution is 0.0954. The van der Waals surface area contributed by atoms with E-state index in [1.54, 1.807) is 45.5 Å². The predicted molar refractivity (Wildman–Crippen MR) is 132 cm³/mol. The third-order valence-electron chi connectivity index (χ3n) is 4.44. The number of hydrogen-bond donors (Lipinski definition) is 3. The Morgan fingerprint density at radius 1 is 0.967 bits per heavy atom. The maximum Gasteiger partial charge on any atom is 0.251 e. The topological polar surface area (TPSA) is 84.0 Å². The van der Waals surface area contributed by atoms with Gasteiger partial charge in [-0.3, -0.25) is 9.79 Å². The third kappa shape index (κ3) is 8.10. The molecule has 0 heterocycles. The quantitative estimate of drug-likeness (QED) is 0.203. The molecule has 0 radical (unpaired) electrons. The van der Waals surface area contributed by atoms with Crippen LogP contribution in [0, 0.1) is 6.92 Å². The number of carbonyl (C=O) groups excluding carboxylic acids is 1. The number of hydrogen-bond acceptors (Lipinski definition) is 4. The van der Waals surface area contributed by atoms with Crippen molar-refractivity contribution in [2.45, 2.75) is 13.3 Å². The number of benzene rings is 2. The highest BCUT2D eigenvalue weighted by atomic mass is 127. The van der Waals surface area contributed by atoms with E-state index >= 15 is 0 Å². The fraction of sp³-hybridized carbons (Fsp3) is 0.364. The van der Waals surface area contributed by atoms with Crippen LogP contribution in [-0.2, 0) is 6.42 Å². The molecule has 3 N–H and O–H groups in total. The van der Waals surface area contributed by atoms with Crippen molar-refractivity contribution >= 4 is 35.8 Å². The summed E-state index contributed by atoms with van der Waals surface area (Å²) in [4.78, 5) is 16.4. The summed E-state index contributed by atoms with van der Waals surface area (Å²) in [5, 5.41) is 9.34. The Morgan fingerprint density at radius 3 is 2.40 bits per heavy atom. The number of aryl methyl sites for hydroxylation is 1. The molecule has 0 atom stereocenters. The highest BCUT2D eigenvalue weighted by Crippen LogP contribution is 2.19. The van der Waals surface area contributed by atoms with Gasteiger partial charge in [-0.15, -0.1) is 24.0 Å². The first-order valence-electron chi connectivity index (χ1n) is 9.57. The summed E-state index contributed by atoms with van der Waals surface area (Å²) in [5.74, 6) is 2.12. The van der Waals surface area contributed by atoms with Crippen molar-refractivity contribution in [1.29, 1.82) is 0 Å². The number of nitrogens with one attached hydrogen (secondary N) is 3. The van der Waals surface area contributed by atoms with Crippen LogP contribution in [0.2, 0.25) is 0 Å². The van der Waals surface area contributed by atoms with E-state index < -0.39 is 0 Å². The predicted octanol–water partition coefficient (Wildman–Crippen LogP) is 2.77. The summed E-state index contributed by atoms with van der Waals surface area (Å²) in [7, 11) is 4.98. The van der Waals surface area contributed by atoms with Crippen molar-refractivity contribution in [3.8, 4) is 11.5 Å². The van der Waals surface area contributed by atoms with Gasteiger partial charge in [0.25, 0.3) is 5.91 Å². The Balaban J connectivity index is 0.00000450. The molecule has 0 bridgehead atoms. The Bertz CT molecular complexity index is 843. The lowest BCUT2D eigenvalue weighted by Gasteiger charge is -2.13. The molecular weight excluding hydrogens is 495 g/mol. The zero-order valence-electron chi connectivity index (χ0n) is 18.0. The second-order valence-corrected chi connectivity index (χ2v) is 6.47. The van der Waals surface area contributed by atoms with Crippen molar-refractivity contribution in [1.82, 2.24) is 16.0 Å². The fourth-order valence-corrected chi connectivity index (χ4v) is 2.79. The number of nitrogens with zero attached hydrogens (tertiary/aromatic N) is 1. The summed E-state index contributed by atoms with van der Waals surface area (Å²) in [6.45, 7) is 3.81. The van der Waals surface area contributed by atoms with Crippen molar-refractivity contribution in [3.05, 3.63) is 59.2 Å². The van der Waals surface area contributed by atoms with Crippen LogP contribution in [0.4, 0.5) is 0 Å². The SMILES string of the molecule is CN=C(NCCNC(=O)c1cccc(OC)c1)NCCc1ccc(C)c(OC)c1.I. The van der Waals surface area contributed by atoms with Crippen molar-refractivity contribution in [2.24, 2.45) is 4.99 Å². The van der Waals surface area contributed by atoms with Crippen LogP contribution in [-0.4, -0.2) is 52.8 Å². The van der Waals surface area contributed by atoms with Gasteiger partial charge in [-0.2, -0.15) is 0 Å². The van der Waals surface area contributed by atoms with Gasteiger partial charge in [-0.25, -0.2) is 0 Å². The zero-order chi connectivity index (χ0) is 21.1. The Labute approximate surface area is 195 Å². The van der Waals surface area contributed by atoms with Gasteiger partial charge in [0.2, 0.25) is 0 Å². The summed E-state index contributed by atoms with van der Waals surface area (Å²) >= 11 is 0. The maximum absolute atomic E-state index is 12.2. The van der Waals surface area contributed by atoms with Crippen LogP contribution in [0.3, 0.4) is 0 Å². The van der Waals surface area contributed by atoms with Gasteiger partial charge < -0.3 is 25.4 Å². The average Bonchev–Trinajstić information content (AvgIpc) is 2.76. The van der Waals surface area contributed by atoms with Gasteiger partial charge in [0.05, 0.1) is 14.2 Å². The van der Waals surface area contributed by atoms with E-state index in [-0.39, 0.29) is 29.9 Å². The fourth-order valence-electron chi connectivity index (χ4n) is 2.79. The van der Waals surface area contributed by atoms with Crippen LogP contribution < -0.4 is 25.4 Å². The van der Waals surface area contributed by atoms with E-state index in [1.165, 1.54) is 5.56 Å². The van der Waals surface area contributed by atoms with Crippen molar-refractivity contribution < 1.29 is 14.3 Å². The van der Waals surface area contributed by atoms with Gasteiger partial charge in [0, 0.05) is 32.2 Å². The van der Waals surface area contributed by atoms with E-state index in [4.69, 9.17) is 9.47 Å². The molecule has 0 fully saturated rings. The molecular formula is C22H31IN4O3. The molecule has 7 nitrogen and oxygen atoms in total. The first kappa shape index (κ1) is 25.5. The number of halogens is 1. The molecule has 0 aromatic heterocycles. The summed E-state index contributed by atoms with van der Waals surface area (Å²) < 4.78 is 10.5. The second-order valence-electron chi connectivity index (χ2n) is 6.47. The maximum atomic E-state index is 12.2. The van der Waals surface area contributed by atoms with Crippen LogP contribution >= 0.6 is 24.0 Å². The number of ether oxygens (including phenoxy) is 2. The van der Waals surface area contributed by atoms with E-state index in [2.05, 4.69) is 39.1 Å². The highest BCUT2D eigenvalue weighted by Gasteiger charge is 2.06. The third-order valence-corrected chi connectivity index (χ3v) is 4.44. The molecule has 0 saturated carbocycles. The molecule has 2 rings (SSSR count). The molecule has 1 amide bonds. The number of aliphatic imine (C=N–C) groups is 1. The lowest BCUT2D eigenvalue weighted by atomic mass is 10.1. The van der Waals surface area contributed by atoms with Crippen molar-refractivity contribution in [3.63, 3.8) is 0 Å².